The Labute approximate surface area is 278 Å². The molecule has 3 aromatic rings. The monoisotopic (exact) mass is 642 g/mol. The number of nitrogens with zero attached hydrogens (tertiary/aromatic N) is 4. The Kier molecular flexibility index (Phi) is 10.3. The molecule has 6 rings (SSSR count). The minimum Gasteiger partial charge on any atom is -0.496 e. The fourth-order valence-corrected chi connectivity index (χ4v) is 7.66. The lowest BCUT2D eigenvalue weighted by molar-refractivity contribution is -0.142. The van der Waals surface area contributed by atoms with Crippen LogP contribution in [0.5, 0.6) is 5.75 Å². The number of β-amino-alcohol motifs (C(OH)–C–C–N with tert-alkyl or cyclic N) is 1. The minimum atomic E-state index is -0.381. The number of rotatable bonds is 10. The lowest BCUT2D eigenvalue weighted by Crippen LogP contribution is -2.53. The Bertz CT molecular complexity index is 1530. The van der Waals surface area contributed by atoms with Crippen molar-refractivity contribution in [3.05, 3.63) is 59.7 Å². The van der Waals surface area contributed by atoms with E-state index in [4.69, 9.17) is 14.1 Å². The second-order valence-electron chi connectivity index (χ2n) is 14.4. The first kappa shape index (κ1) is 33.2. The highest BCUT2D eigenvalue weighted by atomic mass is 16.5. The molecule has 252 valence electrons. The number of ether oxygens (including phenoxy) is 1. The number of aryl methyl sites for hydroxylation is 1. The average molecular weight is 643 g/mol. The summed E-state index contributed by atoms with van der Waals surface area (Å²) in [5, 5.41) is 9.58. The molecule has 1 saturated heterocycles. The number of hydrogen-bond acceptors (Lipinski definition) is 7. The first-order valence-electron chi connectivity index (χ1n) is 17.5. The molecule has 2 saturated carbocycles. The summed E-state index contributed by atoms with van der Waals surface area (Å²) in [6.07, 6.45) is 11.2. The van der Waals surface area contributed by atoms with E-state index in [1.165, 1.54) is 11.1 Å². The van der Waals surface area contributed by atoms with Gasteiger partial charge in [0.25, 0.3) is 0 Å². The van der Waals surface area contributed by atoms with E-state index in [1.807, 2.05) is 17.0 Å². The van der Waals surface area contributed by atoms with Crippen LogP contribution < -0.4 is 9.64 Å². The molecule has 0 unspecified atom stereocenters. The molecule has 0 atom stereocenters. The highest BCUT2D eigenvalue weighted by Crippen LogP contribution is 2.39. The number of carbonyl (C=O) groups is 2. The SMILES string of the molecule is COc1ccc(C2CCC(CN(C(=O)C3CCC(CC(=O)N4CC(O)C4)CC3)c3cc(-c4cnc(C(C)C)o4)ccn3)CC2)cc1C. The average Bonchev–Trinajstić information content (AvgIpc) is 3.57. The zero-order valence-corrected chi connectivity index (χ0v) is 28.4. The van der Waals surface area contributed by atoms with Crippen LogP contribution in [-0.4, -0.2) is 64.6 Å². The third-order valence-electron chi connectivity index (χ3n) is 10.6. The van der Waals surface area contributed by atoms with Gasteiger partial charge < -0.3 is 19.2 Å². The summed E-state index contributed by atoms with van der Waals surface area (Å²) >= 11 is 0. The number of methoxy groups -OCH3 is 1. The van der Waals surface area contributed by atoms with Gasteiger partial charge in [-0.2, -0.15) is 0 Å². The largest absolute Gasteiger partial charge is 0.496 e. The van der Waals surface area contributed by atoms with Crippen molar-refractivity contribution in [3.8, 4) is 17.1 Å². The first-order chi connectivity index (χ1) is 22.7. The van der Waals surface area contributed by atoms with E-state index in [0.29, 0.717) is 55.4 Å². The van der Waals surface area contributed by atoms with Gasteiger partial charge in [0.15, 0.2) is 11.7 Å². The van der Waals surface area contributed by atoms with E-state index in [-0.39, 0.29) is 35.7 Å². The van der Waals surface area contributed by atoms with E-state index < -0.39 is 0 Å². The Hall–Kier alpha value is -3.72. The van der Waals surface area contributed by atoms with Gasteiger partial charge in [0.2, 0.25) is 11.8 Å². The normalized spacial score (nSPS) is 23.4. The summed E-state index contributed by atoms with van der Waals surface area (Å²) in [5.41, 5.74) is 3.40. The van der Waals surface area contributed by atoms with Crippen LogP contribution in [0.2, 0.25) is 0 Å². The fourth-order valence-electron chi connectivity index (χ4n) is 7.66. The number of oxazole rings is 1. The summed E-state index contributed by atoms with van der Waals surface area (Å²) in [7, 11) is 1.72. The maximum absolute atomic E-state index is 14.4. The standard InChI is InChI=1S/C38H50N4O5/c1-24(2)37-40-20-34(47-37)31-15-16-39-35(19-31)42(21-27-7-9-28(10-8-27)30-13-14-33(46-4)25(3)17-30)38(45)29-11-5-26(6-12-29)18-36(44)41-22-32(43)23-41/h13-17,19-20,24,26-29,32,43H,5-12,18,21-23H2,1-4H3. The number of benzene rings is 1. The molecule has 3 aliphatic rings. The van der Waals surface area contributed by atoms with E-state index in [2.05, 4.69) is 44.0 Å². The first-order valence-corrected chi connectivity index (χ1v) is 17.5. The molecule has 1 aromatic carbocycles. The number of aliphatic hydroxyl groups is 1. The zero-order valence-electron chi connectivity index (χ0n) is 28.4. The molecular formula is C38H50N4O5. The third kappa shape index (κ3) is 7.72. The Morgan fingerprint density at radius 1 is 1.00 bits per heavy atom. The van der Waals surface area contributed by atoms with Gasteiger partial charge in [-0.1, -0.05) is 26.0 Å². The van der Waals surface area contributed by atoms with Gasteiger partial charge in [-0.05, 0) is 105 Å². The van der Waals surface area contributed by atoms with Crippen molar-refractivity contribution < 1.29 is 23.8 Å². The quantitative estimate of drug-likeness (QED) is 0.257. The molecule has 3 heterocycles. The second kappa shape index (κ2) is 14.6. The molecule has 0 bridgehead atoms. The summed E-state index contributed by atoms with van der Waals surface area (Å²) in [4.78, 5) is 39.9. The van der Waals surface area contributed by atoms with Crippen molar-refractivity contribution in [3.63, 3.8) is 0 Å². The summed E-state index contributed by atoms with van der Waals surface area (Å²) in [6.45, 7) is 7.75. The third-order valence-corrected chi connectivity index (χ3v) is 10.6. The summed E-state index contributed by atoms with van der Waals surface area (Å²) in [6, 6.07) is 10.4. The van der Waals surface area contributed by atoms with Crippen LogP contribution in [0.1, 0.15) is 100 Å². The van der Waals surface area contributed by atoms with Crippen LogP contribution in [0.4, 0.5) is 5.82 Å². The molecule has 9 heteroatoms. The van der Waals surface area contributed by atoms with E-state index >= 15 is 0 Å². The van der Waals surface area contributed by atoms with Crippen molar-refractivity contribution in [2.24, 2.45) is 17.8 Å². The van der Waals surface area contributed by atoms with Crippen LogP contribution >= 0.6 is 0 Å². The number of likely N-dealkylation sites (tertiary alicyclic amines) is 1. The summed E-state index contributed by atoms with van der Waals surface area (Å²) < 4.78 is 11.5. The van der Waals surface area contributed by atoms with Crippen molar-refractivity contribution in [2.45, 2.75) is 96.5 Å². The molecular weight excluding hydrogens is 592 g/mol. The number of amides is 2. The van der Waals surface area contributed by atoms with Crippen LogP contribution in [0.15, 0.2) is 47.1 Å². The number of pyridine rings is 1. The Morgan fingerprint density at radius 2 is 1.72 bits per heavy atom. The number of hydrogen-bond donors (Lipinski definition) is 1. The number of aliphatic hydroxyl groups excluding tert-OH is 1. The van der Waals surface area contributed by atoms with Crippen LogP contribution in [-0.2, 0) is 9.59 Å². The topological polar surface area (TPSA) is 109 Å². The fraction of sp³-hybridized carbons (Fsp3) is 0.579. The molecule has 2 aliphatic carbocycles. The van der Waals surface area contributed by atoms with Gasteiger partial charge in [0.05, 0.1) is 19.4 Å². The molecule has 1 N–H and O–H groups in total. The highest BCUT2D eigenvalue weighted by molar-refractivity contribution is 5.94. The van der Waals surface area contributed by atoms with E-state index in [1.54, 1.807) is 24.4 Å². The van der Waals surface area contributed by atoms with Crippen molar-refractivity contribution in [1.29, 1.82) is 0 Å². The van der Waals surface area contributed by atoms with Crippen LogP contribution in [0, 0.1) is 24.7 Å². The highest BCUT2D eigenvalue weighted by Gasteiger charge is 2.35. The predicted octanol–water partition coefficient (Wildman–Crippen LogP) is 6.88. The molecule has 2 amide bonds. The number of carbonyl (C=O) groups excluding carboxylic acids is 2. The smallest absolute Gasteiger partial charge is 0.231 e. The molecule has 0 radical (unpaired) electrons. The van der Waals surface area contributed by atoms with E-state index in [9.17, 15) is 14.7 Å². The van der Waals surface area contributed by atoms with Gasteiger partial charge in [-0.3, -0.25) is 14.5 Å². The van der Waals surface area contributed by atoms with Crippen molar-refractivity contribution >= 4 is 17.6 Å². The zero-order chi connectivity index (χ0) is 33.1. The van der Waals surface area contributed by atoms with Gasteiger partial charge in [0, 0.05) is 49.7 Å². The molecule has 1 aliphatic heterocycles. The van der Waals surface area contributed by atoms with E-state index in [0.717, 1.165) is 62.7 Å². The van der Waals surface area contributed by atoms with Gasteiger partial charge in [-0.25, -0.2) is 9.97 Å². The molecule has 9 nitrogen and oxygen atoms in total. The molecule has 2 aromatic heterocycles. The van der Waals surface area contributed by atoms with Crippen molar-refractivity contribution in [1.82, 2.24) is 14.9 Å². The maximum Gasteiger partial charge on any atom is 0.231 e. The van der Waals surface area contributed by atoms with Crippen LogP contribution in [0.25, 0.3) is 11.3 Å². The van der Waals surface area contributed by atoms with Crippen LogP contribution in [0.3, 0.4) is 0 Å². The second-order valence-corrected chi connectivity index (χ2v) is 14.4. The lowest BCUT2D eigenvalue weighted by Gasteiger charge is -2.38. The molecule has 47 heavy (non-hydrogen) atoms. The van der Waals surface area contributed by atoms with Crippen molar-refractivity contribution in [2.75, 3.05) is 31.6 Å². The molecule has 0 spiro atoms. The Balaban J connectivity index is 1.15. The lowest BCUT2D eigenvalue weighted by atomic mass is 9.77. The maximum atomic E-state index is 14.4. The Morgan fingerprint density at radius 3 is 2.36 bits per heavy atom. The van der Waals surface area contributed by atoms with Gasteiger partial charge in [0.1, 0.15) is 11.6 Å². The van der Waals surface area contributed by atoms with Gasteiger partial charge in [-0.15, -0.1) is 0 Å². The molecule has 3 fully saturated rings. The minimum absolute atomic E-state index is 0.0888. The predicted molar refractivity (Wildman–Crippen MR) is 181 cm³/mol. The number of anilines is 1. The van der Waals surface area contributed by atoms with Gasteiger partial charge >= 0.3 is 0 Å². The summed E-state index contributed by atoms with van der Waals surface area (Å²) in [5.74, 6) is 4.51. The number of aromatic nitrogens is 2.